The van der Waals surface area contributed by atoms with E-state index in [1.54, 1.807) is 0 Å². The molecular weight excluding hydrogens is 156 g/mol. The maximum absolute atomic E-state index is 2.36. The van der Waals surface area contributed by atoms with E-state index in [9.17, 15) is 0 Å². The van der Waals surface area contributed by atoms with Gasteiger partial charge in [0.1, 0.15) is 0 Å². The van der Waals surface area contributed by atoms with Gasteiger partial charge in [-0.1, -0.05) is 72.6 Å². The molecule has 2 unspecified atom stereocenters. The number of rotatable bonds is 8. The fourth-order valence-electron chi connectivity index (χ4n) is 2.38. The maximum atomic E-state index is 2.36. The number of hydrogen-bond donors (Lipinski definition) is 0. The van der Waals surface area contributed by atoms with Crippen LogP contribution in [0, 0.1) is 11.8 Å². The van der Waals surface area contributed by atoms with E-state index in [-0.39, 0.29) is 0 Å². The summed E-state index contributed by atoms with van der Waals surface area (Å²) in [5, 5.41) is 0. The summed E-state index contributed by atoms with van der Waals surface area (Å²) < 4.78 is 0. The van der Waals surface area contributed by atoms with Crippen molar-refractivity contribution < 1.29 is 0 Å². The monoisotopic (exact) mass is 184 g/mol. The molecule has 13 heavy (non-hydrogen) atoms. The average Bonchev–Trinajstić information content (AvgIpc) is 2.17. The minimum absolute atomic E-state index is 1.00. The molecule has 0 radical (unpaired) electrons. The van der Waals surface area contributed by atoms with Crippen molar-refractivity contribution in [1.82, 2.24) is 0 Å². The maximum Gasteiger partial charge on any atom is -0.0389 e. The third-order valence-electron chi connectivity index (χ3n) is 3.30. The Hall–Kier alpha value is 0. The molecule has 80 valence electrons. The Morgan fingerprint density at radius 1 is 0.692 bits per heavy atom. The topological polar surface area (TPSA) is 0 Å². The molecule has 0 heterocycles. The van der Waals surface area contributed by atoms with Gasteiger partial charge >= 0.3 is 0 Å². The zero-order valence-corrected chi connectivity index (χ0v) is 10.1. The quantitative estimate of drug-likeness (QED) is 0.496. The zero-order chi connectivity index (χ0) is 10.1. The molecule has 0 amide bonds. The van der Waals surface area contributed by atoms with E-state index in [2.05, 4.69) is 27.7 Å². The van der Waals surface area contributed by atoms with Crippen LogP contribution >= 0.6 is 0 Å². The molecule has 0 aromatic carbocycles. The molecule has 0 N–H and O–H groups in total. The predicted octanol–water partition coefficient (Wildman–Crippen LogP) is 5.03. The largest absolute Gasteiger partial charge is 0.0654 e. The van der Waals surface area contributed by atoms with Crippen LogP contribution in [0.3, 0.4) is 0 Å². The second kappa shape index (κ2) is 8.59. The van der Waals surface area contributed by atoms with Gasteiger partial charge in [-0.3, -0.25) is 0 Å². The molecule has 0 aliphatic rings. The molecule has 0 aromatic rings. The second-order valence-electron chi connectivity index (χ2n) is 4.27. The van der Waals surface area contributed by atoms with Gasteiger partial charge in [-0.2, -0.15) is 0 Å². The van der Waals surface area contributed by atoms with Gasteiger partial charge in [0, 0.05) is 0 Å². The van der Waals surface area contributed by atoms with Gasteiger partial charge < -0.3 is 0 Å². The van der Waals surface area contributed by atoms with Crippen LogP contribution in [0.4, 0.5) is 0 Å². The Bertz CT molecular complexity index is 96.2. The van der Waals surface area contributed by atoms with E-state index in [1.165, 1.54) is 44.9 Å². The Balaban J connectivity index is 3.84. The summed E-state index contributed by atoms with van der Waals surface area (Å²) in [6.45, 7) is 9.33. The molecular formula is C13H28. The van der Waals surface area contributed by atoms with Gasteiger partial charge in [0.25, 0.3) is 0 Å². The minimum atomic E-state index is 1.00. The lowest BCUT2D eigenvalue weighted by atomic mass is 9.81. The molecule has 0 aliphatic heterocycles. The normalized spacial score (nSPS) is 15.7. The molecule has 0 saturated heterocycles. The van der Waals surface area contributed by atoms with E-state index in [0.717, 1.165) is 11.8 Å². The number of unbranched alkanes of at least 4 members (excludes halogenated alkanes) is 1. The predicted molar refractivity (Wildman–Crippen MR) is 62.0 cm³/mol. The fraction of sp³-hybridized carbons (Fsp3) is 1.00. The van der Waals surface area contributed by atoms with E-state index in [0.29, 0.717) is 0 Å². The van der Waals surface area contributed by atoms with Crippen LogP contribution in [-0.4, -0.2) is 0 Å². The molecule has 0 aliphatic carbocycles. The molecule has 2 atom stereocenters. The molecule has 0 heteroatoms. The van der Waals surface area contributed by atoms with Gasteiger partial charge in [-0.05, 0) is 11.8 Å². The third-order valence-corrected chi connectivity index (χ3v) is 3.30. The van der Waals surface area contributed by atoms with Crippen molar-refractivity contribution in [2.45, 2.75) is 72.6 Å². The van der Waals surface area contributed by atoms with Gasteiger partial charge in [-0.15, -0.1) is 0 Å². The van der Waals surface area contributed by atoms with Crippen LogP contribution in [-0.2, 0) is 0 Å². The smallest absolute Gasteiger partial charge is 0.0389 e. The van der Waals surface area contributed by atoms with Crippen molar-refractivity contribution in [2.24, 2.45) is 11.8 Å². The first-order valence-corrected chi connectivity index (χ1v) is 6.29. The van der Waals surface area contributed by atoms with Crippen molar-refractivity contribution in [3.8, 4) is 0 Å². The van der Waals surface area contributed by atoms with Gasteiger partial charge in [0.05, 0.1) is 0 Å². The zero-order valence-electron chi connectivity index (χ0n) is 10.1. The molecule has 0 fully saturated rings. The molecule has 0 saturated carbocycles. The molecule has 0 spiro atoms. The van der Waals surface area contributed by atoms with E-state index in [1.807, 2.05) is 0 Å². The first-order valence-electron chi connectivity index (χ1n) is 6.29. The summed E-state index contributed by atoms with van der Waals surface area (Å²) >= 11 is 0. The lowest BCUT2D eigenvalue weighted by Crippen LogP contribution is -2.13. The lowest BCUT2D eigenvalue weighted by molar-refractivity contribution is 0.270. The van der Waals surface area contributed by atoms with Crippen molar-refractivity contribution in [2.75, 3.05) is 0 Å². The summed E-state index contributed by atoms with van der Waals surface area (Å²) in [6.07, 6.45) is 9.83. The highest BCUT2D eigenvalue weighted by Gasteiger charge is 2.16. The Morgan fingerprint density at radius 3 is 1.62 bits per heavy atom. The van der Waals surface area contributed by atoms with Crippen LogP contribution in [0.1, 0.15) is 72.6 Å². The van der Waals surface area contributed by atoms with E-state index >= 15 is 0 Å². The third kappa shape index (κ3) is 5.33. The first kappa shape index (κ1) is 13.0. The average molecular weight is 184 g/mol. The van der Waals surface area contributed by atoms with Crippen molar-refractivity contribution in [1.29, 1.82) is 0 Å². The Kier molecular flexibility index (Phi) is 8.59. The second-order valence-corrected chi connectivity index (χ2v) is 4.27. The van der Waals surface area contributed by atoms with Crippen LogP contribution < -0.4 is 0 Å². The van der Waals surface area contributed by atoms with Crippen LogP contribution in [0.25, 0.3) is 0 Å². The number of hydrogen-bond acceptors (Lipinski definition) is 0. The minimum Gasteiger partial charge on any atom is -0.0654 e. The highest BCUT2D eigenvalue weighted by Crippen LogP contribution is 2.28. The first-order chi connectivity index (χ1) is 6.29. The van der Waals surface area contributed by atoms with E-state index in [4.69, 9.17) is 0 Å². The van der Waals surface area contributed by atoms with Crippen LogP contribution in [0.2, 0.25) is 0 Å². The lowest BCUT2D eigenvalue weighted by Gasteiger charge is -2.24. The van der Waals surface area contributed by atoms with Crippen molar-refractivity contribution in [3.63, 3.8) is 0 Å². The van der Waals surface area contributed by atoms with Crippen LogP contribution in [0.15, 0.2) is 0 Å². The summed E-state index contributed by atoms with van der Waals surface area (Å²) in [5.41, 5.74) is 0. The highest BCUT2D eigenvalue weighted by atomic mass is 14.2. The SMILES string of the molecule is CCCCC(CC)C(CC)CCC. The molecule has 0 rings (SSSR count). The summed E-state index contributed by atoms with van der Waals surface area (Å²) in [5.74, 6) is 2.01. The highest BCUT2D eigenvalue weighted by molar-refractivity contribution is 4.67. The van der Waals surface area contributed by atoms with Gasteiger partial charge in [-0.25, -0.2) is 0 Å². The molecule has 0 nitrogen and oxygen atoms in total. The van der Waals surface area contributed by atoms with Crippen molar-refractivity contribution in [3.05, 3.63) is 0 Å². The Morgan fingerprint density at radius 2 is 1.23 bits per heavy atom. The fourth-order valence-corrected chi connectivity index (χ4v) is 2.38. The van der Waals surface area contributed by atoms with Gasteiger partial charge in [0.15, 0.2) is 0 Å². The standard InChI is InChI=1S/C13H28/c1-5-9-11-13(8-4)12(7-3)10-6-2/h12-13H,5-11H2,1-4H3. The summed E-state index contributed by atoms with van der Waals surface area (Å²) in [6, 6.07) is 0. The molecule has 0 aromatic heterocycles. The summed E-state index contributed by atoms with van der Waals surface area (Å²) in [4.78, 5) is 0. The van der Waals surface area contributed by atoms with Crippen LogP contribution in [0.5, 0.6) is 0 Å². The summed E-state index contributed by atoms with van der Waals surface area (Å²) in [7, 11) is 0. The van der Waals surface area contributed by atoms with E-state index < -0.39 is 0 Å². The van der Waals surface area contributed by atoms with Crippen molar-refractivity contribution >= 4 is 0 Å². The Labute approximate surface area is 85.1 Å². The van der Waals surface area contributed by atoms with Gasteiger partial charge in [0.2, 0.25) is 0 Å². The molecule has 0 bridgehead atoms.